The molecule has 1 heterocycles. The molecule has 0 saturated carbocycles. The molecular formula is C13H18N2O3S. The first-order valence-electron chi connectivity index (χ1n) is 6.33. The number of fused-ring (bicyclic) bond motifs is 1. The summed E-state index contributed by atoms with van der Waals surface area (Å²) in [7, 11) is 0. The predicted octanol–water partition coefficient (Wildman–Crippen LogP) is 0.449. The van der Waals surface area contributed by atoms with E-state index in [1.807, 2.05) is 5.38 Å². The molecule has 1 aliphatic rings. The molecule has 2 rings (SSSR count). The average molecular weight is 282 g/mol. The highest BCUT2D eigenvalue weighted by molar-refractivity contribution is 7.10. The van der Waals surface area contributed by atoms with Crippen LogP contribution in [0.2, 0.25) is 0 Å². The molecule has 1 aromatic heterocycles. The number of carbonyl (C=O) groups is 2. The summed E-state index contributed by atoms with van der Waals surface area (Å²) in [4.78, 5) is 24.4. The first kappa shape index (κ1) is 14.0. The standard InChI is InChI=1S/C13H18N2O3S/c1-7-2-3-8-9(6-19-11(8)4-7)13(18)15-10(5-16)12(14)17/h6-7,10,16H,2-5H2,1H3,(H2,14,17)(H,15,18)/t7?,10-/m0/s1. The molecule has 5 nitrogen and oxygen atoms in total. The fraction of sp³-hybridized carbons (Fsp3) is 0.538. The molecule has 0 aromatic carbocycles. The summed E-state index contributed by atoms with van der Waals surface area (Å²) >= 11 is 1.59. The van der Waals surface area contributed by atoms with E-state index in [-0.39, 0.29) is 5.91 Å². The van der Waals surface area contributed by atoms with Crippen molar-refractivity contribution in [2.24, 2.45) is 11.7 Å². The third-order valence-corrected chi connectivity index (χ3v) is 4.53. The van der Waals surface area contributed by atoms with Crippen LogP contribution in [0, 0.1) is 5.92 Å². The highest BCUT2D eigenvalue weighted by atomic mass is 32.1. The molecule has 0 fully saturated rings. The van der Waals surface area contributed by atoms with Gasteiger partial charge in [-0.15, -0.1) is 11.3 Å². The summed E-state index contributed by atoms with van der Waals surface area (Å²) in [5.41, 5.74) is 6.80. The quantitative estimate of drug-likeness (QED) is 0.748. The van der Waals surface area contributed by atoms with Crippen LogP contribution in [0.3, 0.4) is 0 Å². The average Bonchev–Trinajstić information content (AvgIpc) is 2.78. The van der Waals surface area contributed by atoms with Crippen LogP contribution < -0.4 is 11.1 Å². The molecule has 104 valence electrons. The fourth-order valence-corrected chi connectivity index (χ4v) is 3.55. The topological polar surface area (TPSA) is 92.4 Å². The zero-order valence-electron chi connectivity index (χ0n) is 10.8. The van der Waals surface area contributed by atoms with Gasteiger partial charge in [0.25, 0.3) is 5.91 Å². The Labute approximate surface area is 115 Å². The lowest BCUT2D eigenvalue weighted by Crippen LogP contribution is -2.46. The second-order valence-electron chi connectivity index (χ2n) is 5.01. The summed E-state index contributed by atoms with van der Waals surface area (Å²) < 4.78 is 0. The molecule has 0 bridgehead atoms. The van der Waals surface area contributed by atoms with Crippen molar-refractivity contribution in [3.63, 3.8) is 0 Å². The number of hydrogen-bond acceptors (Lipinski definition) is 4. The fourth-order valence-electron chi connectivity index (χ4n) is 2.31. The van der Waals surface area contributed by atoms with E-state index < -0.39 is 18.6 Å². The molecule has 0 aliphatic heterocycles. The van der Waals surface area contributed by atoms with E-state index in [1.54, 1.807) is 11.3 Å². The SMILES string of the molecule is CC1CCc2c(C(=O)N[C@@H](CO)C(N)=O)csc2C1. The molecule has 0 saturated heterocycles. The highest BCUT2D eigenvalue weighted by Gasteiger charge is 2.25. The van der Waals surface area contributed by atoms with Gasteiger partial charge in [-0.1, -0.05) is 6.92 Å². The van der Waals surface area contributed by atoms with Crippen LogP contribution in [-0.2, 0) is 17.6 Å². The lowest BCUT2D eigenvalue weighted by molar-refractivity contribution is -0.120. The van der Waals surface area contributed by atoms with Crippen LogP contribution in [0.4, 0.5) is 0 Å². The van der Waals surface area contributed by atoms with Crippen LogP contribution >= 0.6 is 11.3 Å². The van der Waals surface area contributed by atoms with Gasteiger partial charge in [0.2, 0.25) is 5.91 Å². The molecule has 1 unspecified atom stereocenters. The Kier molecular flexibility index (Phi) is 4.21. The summed E-state index contributed by atoms with van der Waals surface area (Å²) in [5, 5.41) is 13.3. The second kappa shape index (κ2) is 5.71. The van der Waals surface area contributed by atoms with Gasteiger partial charge in [-0.25, -0.2) is 0 Å². The van der Waals surface area contributed by atoms with Crippen molar-refractivity contribution in [3.05, 3.63) is 21.4 Å². The van der Waals surface area contributed by atoms with Gasteiger partial charge in [-0.3, -0.25) is 9.59 Å². The third-order valence-electron chi connectivity index (χ3n) is 3.48. The van der Waals surface area contributed by atoms with E-state index in [2.05, 4.69) is 12.2 Å². The number of amides is 2. The van der Waals surface area contributed by atoms with E-state index in [9.17, 15) is 9.59 Å². The number of aliphatic hydroxyl groups excluding tert-OH is 1. The molecule has 0 radical (unpaired) electrons. The smallest absolute Gasteiger partial charge is 0.253 e. The lowest BCUT2D eigenvalue weighted by Gasteiger charge is -2.19. The van der Waals surface area contributed by atoms with Crippen molar-refractivity contribution < 1.29 is 14.7 Å². The van der Waals surface area contributed by atoms with Gasteiger partial charge in [-0.2, -0.15) is 0 Å². The Hall–Kier alpha value is -1.40. The van der Waals surface area contributed by atoms with Crippen molar-refractivity contribution in [1.82, 2.24) is 5.32 Å². The zero-order chi connectivity index (χ0) is 14.0. The predicted molar refractivity (Wildman–Crippen MR) is 73.0 cm³/mol. The Morgan fingerprint density at radius 1 is 1.63 bits per heavy atom. The summed E-state index contributed by atoms with van der Waals surface area (Å²) in [6.07, 6.45) is 2.97. The maximum Gasteiger partial charge on any atom is 0.253 e. The Morgan fingerprint density at radius 3 is 3.00 bits per heavy atom. The molecular weight excluding hydrogens is 264 g/mol. The van der Waals surface area contributed by atoms with Gasteiger partial charge in [0.15, 0.2) is 0 Å². The number of rotatable bonds is 4. The van der Waals surface area contributed by atoms with E-state index in [0.29, 0.717) is 11.5 Å². The number of nitrogens with two attached hydrogens (primary N) is 1. The van der Waals surface area contributed by atoms with Crippen molar-refractivity contribution in [2.75, 3.05) is 6.61 Å². The van der Waals surface area contributed by atoms with E-state index in [0.717, 1.165) is 24.8 Å². The molecule has 2 atom stereocenters. The zero-order valence-corrected chi connectivity index (χ0v) is 11.6. The minimum Gasteiger partial charge on any atom is -0.394 e. The Bertz CT molecular complexity index is 498. The molecule has 19 heavy (non-hydrogen) atoms. The van der Waals surface area contributed by atoms with Crippen LogP contribution in [0.5, 0.6) is 0 Å². The Morgan fingerprint density at radius 2 is 2.37 bits per heavy atom. The second-order valence-corrected chi connectivity index (χ2v) is 5.97. The maximum atomic E-state index is 12.1. The van der Waals surface area contributed by atoms with Crippen LogP contribution in [0.25, 0.3) is 0 Å². The first-order chi connectivity index (χ1) is 9.02. The molecule has 1 aromatic rings. The van der Waals surface area contributed by atoms with Gasteiger partial charge in [0, 0.05) is 10.3 Å². The van der Waals surface area contributed by atoms with E-state index in [4.69, 9.17) is 10.8 Å². The number of primary amides is 1. The van der Waals surface area contributed by atoms with Crippen molar-refractivity contribution in [2.45, 2.75) is 32.2 Å². The monoisotopic (exact) mass is 282 g/mol. The van der Waals surface area contributed by atoms with Gasteiger partial charge < -0.3 is 16.2 Å². The number of thiophene rings is 1. The largest absolute Gasteiger partial charge is 0.394 e. The van der Waals surface area contributed by atoms with E-state index in [1.165, 1.54) is 4.88 Å². The van der Waals surface area contributed by atoms with Gasteiger partial charge in [-0.05, 0) is 30.7 Å². The van der Waals surface area contributed by atoms with Crippen molar-refractivity contribution >= 4 is 23.2 Å². The summed E-state index contributed by atoms with van der Waals surface area (Å²) in [5.74, 6) is -0.406. The van der Waals surface area contributed by atoms with Crippen molar-refractivity contribution in [1.29, 1.82) is 0 Å². The molecule has 6 heteroatoms. The summed E-state index contributed by atoms with van der Waals surface area (Å²) in [6.45, 7) is 1.72. The molecule has 2 amide bonds. The number of hydrogen-bond donors (Lipinski definition) is 3. The first-order valence-corrected chi connectivity index (χ1v) is 7.21. The normalized spacial score (nSPS) is 19.6. The Balaban J connectivity index is 2.14. The van der Waals surface area contributed by atoms with Gasteiger partial charge in [0.1, 0.15) is 6.04 Å². The summed E-state index contributed by atoms with van der Waals surface area (Å²) in [6, 6.07) is -1.02. The van der Waals surface area contributed by atoms with Gasteiger partial charge in [0.05, 0.1) is 12.2 Å². The molecule has 4 N–H and O–H groups in total. The number of carbonyl (C=O) groups excluding carboxylic acids is 2. The van der Waals surface area contributed by atoms with Crippen LogP contribution in [0.15, 0.2) is 5.38 Å². The van der Waals surface area contributed by atoms with Crippen molar-refractivity contribution in [3.8, 4) is 0 Å². The molecule has 0 spiro atoms. The minimum absolute atomic E-state index is 0.329. The minimum atomic E-state index is -1.02. The van der Waals surface area contributed by atoms with E-state index >= 15 is 0 Å². The third kappa shape index (κ3) is 2.96. The number of nitrogens with one attached hydrogen (secondary N) is 1. The van der Waals surface area contributed by atoms with Crippen LogP contribution in [0.1, 0.15) is 34.1 Å². The van der Waals surface area contributed by atoms with Crippen LogP contribution in [-0.4, -0.2) is 29.6 Å². The maximum absolute atomic E-state index is 12.1. The van der Waals surface area contributed by atoms with Gasteiger partial charge >= 0.3 is 0 Å². The number of aliphatic hydroxyl groups is 1. The highest BCUT2D eigenvalue weighted by Crippen LogP contribution is 2.32. The molecule has 1 aliphatic carbocycles. The lowest BCUT2D eigenvalue weighted by atomic mass is 9.88.